The minimum atomic E-state index is -0.139. The van der Waals surface area contributed by atoms with Crippen molar-refractivity contribution >= 4 is 18.3 Å². The van der Waals surface area contributed by atoms with E-state index in [0.29, 0.717) is 6.54 Å². The van der Waals surface area contributed by atoms with E-state index in [1.807, 2.05) is 6.07 Å². The number of nitrogens with one attached hydrogen (secondary N) is 1. The van der Waals surface area contributed by atoms with Crippen LogP contribution < -0.4 is 11.1 Å². The van der Waals surface area contributed by atoms with Crippen LogP contribution in [0.2, 0.25) is 0 Å². The zero-order valence-corrected chi connectivity index (χ0v) is 15.6. The maximum Gasteiger partial charge on any atom is 0.234 e. The summed E-state index contributed by atoms with van der Waals surface area (Å²) >= 11 is 0. The highest BCUT2D eigenvalue weighted by molar-refractivity contribution is 5.85. The molecule has 1 saturated carbocycles. The van der Waals surface area contributed by atoms with Gasteiger partial charge in [-0.25, -0.2) is 0 Å². The van der Waals surface area contributed by atoms with Crippen LogP contribution in [-0.2, 0) is 10.3 Å². The standard InChI is InChI=1S/C19H29N3O.ClH/c1-18(2)14-22(12-9-16(18)20)13-17(23)21-19(10-6-11-19)15-7-4-3-5-8-15;/h3-5,7-8,16H,6,9-14,20H2,1-2H3,(H,21,23);1H. The van der Waals surface area contributed by atoms with Crippen LogP contribution in [0.15, 0.2) is 30.3 Å². The maximum atomic E-state index is 12.6. The lowest BCUT2D eigenvalue weighted by Gasteiger charge is -2.45. The Labute approximate surface area is 151 Å². The van der Waals surface area contributed by atoms with Gasteiger partial charge < -0.3 is 11.1 Å². The lowest BCUT2D eigenvalue weighted by atomic mass is 9.71. The second-order valence-electron chi connectivity index (χ2n) is 7.94. The number of hydrogen-bond acceptors (Lipinski definition) is 3. The average Bonchev–Trinajstić information content (AvgIpc) is 2.47. The molecule has 1 unspecified atom stereocenters. The summed E-state index contributed by atoms with van der Waals surface area (Å²) in [4.78, 5) is 14.8. The predicted molar refractivity (Wildman–Crippen MR) is 100 cm³/mol. The number of carbonyl (C=O) groups excluding carboxylic acids is 1. The summed E-state index contributed by atoms with van der Waals surface area (Å²) in [6.45, 7) is 6.67. The van der Waals surface area contributed by atoms with Crippen LogP contribution in [0.5, 0.6) is 0 Å². The SMILES string of the molecule is CC1(C)CN(CC(=O)NC2(c3ccccc3)CCC2)CCC1N.Cl. The Morgan fingerprint density at radius 2 is 1.96 bits per heavy atom. The van der Waals surface area contributed by atoms with Crippen LogP contribution in [0, 0.1) is 5.41 Å². The lowest BCUT2D eigenvalue weighted by molar-refractivity contribution is -0.126. The molecule has 0 spiro atoms. The molecular weight excluding hydrogens is 322 g/mol. The molecule has 1 amide bonds. The third kappa shape index (κ3) is 3.93. The number of nitrogens with two attached hydrogens (primary N) is 1. The number of rotatable bonds is 4. The zero-order chi connectivity index (χ0) is 16.5. The first-order valence-corrected chi connectivity index (χ1v) is 8.76. The molecule has 1 atom stereocenters. The molecule has 0 radical (unpaired) electrons. The van der Waals surface area contributed by atoms with Crippen LogP contribution in [-0.4, -0.2) is 36.5 Å². The van der Waals surface area contributed by atoms with E-state index >= 15 is 0 Å². The highest BCUT2D eigenvalue weighted by Crippen LogP contribution is 2.41. The van der Waals surface area contributed by atoms with Gasteiger partial charge in [0.1, 0.15) is 0 Å². The molecule has 3 rings (SSSR count). The van der Waals surface area contributed by atoms with Gasteiger partial charge in [-0.2, -0.15) is 0 Å². The van der Waals surface area contributed by atoms with Crippen LogP contribution in [0.4, 0.5) is 0 Å². The molecule has 134 valence electrons. The van der Waals surface area contributed by atoms with E-state index in [2.05, 4.69) is 48.3 Å². The predicted octanol–water partition coefficient (Wildman–Crippen LogP) is 2.66. The molecule has 1 heterocycles. The molecule has 3 N–H and O–H groups in total. The maximum absolute atomic E-state index is 12.6. The van der Waals surface area contributed by atoms with Crippen molar-refractivity contribution in [2.45, 2.75) is 51.1 Å². The smallest absolute Gasteiger partial charge is 0.234 e. The molecule has 0 aromatic heterocycles. The van der Waals surface area contributed by atoms with Crippen molar-refractivity contribution in [2.75, 3.05) is 19.6 Å². The van der Waals surface area contributed by atoms with Gasteiger partial charge in [-0.15, -0.1) is 12.4 Å². The third-order valence-corrected chi connectivity index (χ3v) is 5.67. The number of likely N-dealkylation sites (tertiary alicyclic amines) is 1. The summed E-state index contributed by atoms with van der Waals surface area (Å²) in [5.74, 6) is 0.139. The second kappa shape index (κ2) is 7.42. The van der Waals surface area contributed by atoms with Crippen molar-refractivity contribution in [3.05, 3.63) is 35.9 Å². The highest BCUT2D eigenvalue weighted by Gasteiger charge is 2.40. The van der Waals surface area contributed by atoms with Gasteiger partial charge in [0.15, 0.2) is 0 Å². The number of amides is 1. The van der Waals surface area contributed by atoms with Gasteiger partial charge in [-0.05, 0) is 36.7 Å². The molecule has 4 nitrogen and oxygen atoms in total. The quantitative estimate of drug-likeness (QED) is 0.876. The molecule has 0 bridgehead atoms. The van der Waals surface area contributed by atoms with E-state index < -0.39 is 0 Å². The minimum absolute atomic E-state index is 0. The van der Waals surface area contributed by atoms with Crippen LogP contribution in [0.25, 0.3) is 0 Å². The van der Waals surface area contributed by atoms with Gasteiger partial charge in [-0.1, -0.05) is 44.2 Å². The van der Waals surface area contributed by atoms with Crippen molar-refractivity contribution in [3.8, 4) is 0 Å². The Morgan fingerprint density at radius 1 is 1.29 bits per heavy atom. The first kappa shape index (κ1) is 19.2. The summed E-state index contributed by atoms with van der Waals surface area (Å²) < 4.78 is 0. The first-order chi connectivity index (χ1) is 10.9. The van der Waals surface area contributed by atoms with Crippen LogP contribution in [0.3, 0.4) is 0 Å². The third-order valence-electron chi connectivity index (χ3n) is 5.67. The van der Waals surface area contributed by atoms with Crippen molar-refractivity contribution in [3.63, 3.8) is 0 Å². The summed E-state index contributed by atoms with van der Waals surface area (Å²) in [6, 6.07) is 10.6. The number of benzene rings is 1. The van der Waals surface area contributed by atoms with Crippen LogP contribution >= 0.6 is 12.4 Å². The topological polar surface area (TPSA) is 58.4 Å². The normalized spacial score (nSPS) is 25.2. The van der Waals surface area contributed by atoms with E-state index in [0.717, 1.165) is 32.4 Å². The molecule has 2 aliphatic rings. The van der Waals surface area contributed by atoms with E-state index in [4.69, 9.17) is 5.73 Å². The van der Waals surface area contributed by atoms with E-state index in [-0.39, 0.29) is 35.3 Å². The van der Waals surface area contributed by atoms with Crippen molar-refractivity contribution in [1.82, 2.24) is 10.2 Å². The van der Waals surface area contributed by atoms with Gasteiger partial charge in [0.25, 0.3) is 0 Å². The summed E-state index contributed by atoms with van der Waals surface area (Å²) in [5, 5.41) is 3.32. The van der Waals surface area contributed by atoms with Crippen molar-refractivity contribution < 1.29 is 4.79 Å². The Bertz CT molecular complexity index is 557. The van der Waals surface area contributed by atoms with Gasteiger partial charge in [0, 0.05) is 19.1 Å². The first-order valence-electron chi connectivity index (χ1n) is 8.76. The van der Waals surface area contributed by atoms with Crippen molar-refractivity contribution in [1.29, 1.82) is 0 Å². The number of nitrogens with zero attached hydrogens (tertiary/aromatic N) is 1. The average molecular weight is 352 g/mol. The number of carbonyl (C=O) groups is 1. The fourth-order valence-corrected chi connectivity index (χ4v) is 3.90. The molecular formula is C19H30ClN3O. The van der Waals surface area contributed by atoms with Crippen LogP contribution in [0.1, 0.15) is 45.1 Å². The summed E-state index contributed by atoms with van der Waals surface area (Å²) in [5.41, 5.74) is 7.36. The monoisotopic (exact) mass is 351 g/mol. The fraction of sp³-hybridized carbons (Fsp3) is 0.632. The Hall–Kier alpha value is -1.10. The van der Waals surface area contributed by atoms with Gasteiger partial charge in [0.2, 0.25) is 5.91 Å². The molecule has 1 aliphatic heterocycles. The second-order valence-corrected chi connectivity index (χ2v) is 7.94. The fourth-order valence-electron chi connectivity index (χ4n) is 3.90. The minimum Gasteiger partial charge on any atom is -0.345 e. The molecule has 1 aliphatic carbocycles. The highest BCUT2D eigenvalue weighted by atomic mass is 35.5. The Morgan fingerprint density at radius 3 is 2.50 bits per heavy atom. The lowest BCUT2D eigenvalue weighted by Crippen LogP contribution is -2.57. The molecule has 2 fully saturated rings. The molecule has 1 aromatic carbocycles. The van der Waals surface area contributed by atoms with Crippen molar-refractivity contribution in [2.24, 2.45) is 11.1 Å². The van der Waals surface area contributed by atoms with E-state index in [9.17, 15) is 4.79 Å². The van der Waals surface area contributed by atoms with Gasteiger partial charge in [-0.3, -0.25) is 9.69 Å². The number of piperidine rings is 1. The molecule has 1 aromatic rings. The Kier molecular flexibility index (Phi) is 5.95. The van der Waals surface area contributed by atoms with Gasteiger partial charge in [0.05, 0.1) is 12.1 Å². The zero-order valence-electron chi connectivity index (χ0n) is 14.8. The Balaban J connectivity index is 0.00000208. The van der Waals surface area contributed by atoms with E-state index in [1.54, 1.807) is 0 Å². The summed E-state index contributed by atoms with van der Waals surface area (Å²) in [7, 11) is 0. The summed E-state index contributed by atoms with van der Waals surface area (Å²) in [6.07, 6.45) is 4.23. The molecule has 1 saturated heterocycles. The molecule has 5 heteroatoms. The molecule has 24 heavy (non-hydrogen) atoms. The van der Waals surface area contributed by atoms with Gasteiger partial charge >= 0.3 is 0 Å². The number of halogens is 1. The number of hydrogen-bond donors (Lipinski definition) is 2. The van der Waals surface area contributed by atoms with E-state index in [1.165, 1.54) is 12.0 Å². The largest absolute Gasteiger partial charge is 0.345 e.